The van der Waals surface area contributed by atoms with Gasteiger partial charge < -0.3 is 5.11 Å². The number of hydrogen-bond acceptors (Lipinski definition) is 8. The average Bonchev–Trinajstić information content (AvgIpc) is 2.38. The predicted octanol–water partition coefficient (Wildman–Crippen LogP) is 2.11. The van der Waals surface area contributed by atoms with Crippen molar-refractivity contribution in [3.05, 3.63) is 11.6 Å². The molecule has 0 heterocycles. The van der Waals surface area contributed by atoms with Crippen molar-refractivity contribution < 1.29 is 36.6 Å². The summed E-state index contributed by atoms with van der Waals surface area (Å²) in [5.41, 5.74) is 0.610. The molecule has 0 amide bonds. The summed E-state index contributed by atoms with van der Waals surface area (Å²) < 4.78 is 46.4. The van der Waals surface area contributed by atoms with Crippen LogP contribution in [-0.4, -0.2) is 39.6 Å². The molecule has 0 aliphatic heterocycles. The first-order valence-corrected chi connectivity index (χ1v) is 7.76. The minimum atomic E-state index is -4.06. The van der Waals surface area contributed by atoms with E-state index in [9.17, 15) is 9.13 Å². The number of aliphatic hydroxyl groups is 1. The van der Waals surface area contributed by atoms with Crippen LogP contribution in [-0.2, 0) is 31.5 Å². The van der Waals surface area contributed by atoms with Crippen LogP contribution >= 0.6 is 15.6 Å². The first-order valence-electron chi connectivity index (χ1n) is 4.84. The zero-order valence-corrected chi connectivity index (χ0v) is 12.5. The Hall–Kier alpha value is -0.0400. The van der Waals surface area contributed by atoms with Gasteiger partial charge in [-0.1, -0.05) is 6.08 Å². The van der Waals surface area contributed by atoms with Crippen LogP contribution in [0.4, 0.5) is 0 Å². The van der Waals surface area contributed by atoms with Crippen molar-refractivity contribution in [2.45, 2.75) is 6.92 Å². The second-order valence-electron chi connectivity index (χ2n) is 3.03. The van der Waals surface area contributed by atoms with Crippen molar-refractivity contribution in [3.63, 3.8) is 0 Å². The highest BCUT2D eigenvalue weighted by Gasteiger charge is 2.38. The molecule has 10 heteroatoms. The smallest absolute Gasteiger partial charge is 0.392 e. The molecule has 0 saturated heterocycles. The quantitative estimate of drug-likeness (QED) is 0.510. The Morgan fingerprint density at radius 3 is 2.00 bits per heavy atom. The Kier molecular flexibility index (Phi) is 8.18. The molecule has 1 unspecified atom stereocenters. The van der Waals surface area contributed by atoms with E-state index in [-0.39, 0.29) is 13.2 Å². The van der Waals surface area contributed by atoms with Crippen LogP contribution < -0.4 is 0 Å². The van der Waals surface area contributed by atoms with Gasteiger partial charge in [-0.25, -0.2) is 9.13 Å². The van der Waals surface area contributed by atoms with Crippen LogP contribution in [0.3, 0.4) is 0 Å². The third-order valence-electron chi connectivity index (χ3n) is 1.78. The van der Waals surface area contributed by atoms with Gasteiger partial charge in [-0.05, 0) is 12.5 Å². The largest absolute Gasteiger partial charge is 0.483 e. The summed E-state index contributed by atoms with van der Waals surface area (Å²) in [6.45, 7) is 1.35. The third kappa shape index (κ3) is 6.22. The lowest BCUT2D eigenvalue weighted by Crippen LogP contribution is -2.00. The lowest BCUT2D eigenvalue weighted by atomic mass is 10.3. The van der Waals surface area contributed by atoms with Gasteiger partial charge in [0.2, 0.25) is 0 Å². The summed E-state index contributed by atoms with van der Waals surface area (Å²) in [5, 5.41) is 8.74. The molecule has 0 rings (SSSR count). The molecule has 0 spiro atoms. The van der Waals surface area contributed by atoms with Gasteiger partial charge in [-0.2, -0.15) is 4.31 Å². The van der Waals surface area contributed by atoms with Gasteiger partial charge in [0, 0.05) is 21.3 Å². The Labute approximate surface area is 106 Å². The van der Waals surface area contributed by atoms with E-state index in [4.69, 9.17) is 9.63 Å². The van der Waals surface area contributed by atoms with Crippen LogP contribution in [0.25, 0.3) is 0 Å². The Morgan fingerprint density at radius 1 is 1.11 bits per heavy atom. The fourth-order valence-corrected chi connectivity index (χ4v) is 3.19. The molecule has 0 radical (unpaired) electrons. The van der Waals surface area contributed by atoms with E-state index in [0.29, 0.717) is 5.57 Å². The standard InChI is InChI=1S/C8H18O8P2/c1-8(7-9)5-6-15-18(11,14-4)16-17(10,12-2)13-3/h5,9H,6-7H2,1-4H3. The van der Waals surface area contributed by atoms with E-state index in [1.54, 1.807) is 6.92 Å². The normalized spacial score (nSPS) is 16.6. The maximum atomic E-state index is 11.9. The van der Waals surface area contributed by atoms with E-state index in [0.717, 1.165) is 21.3 Å². The molecule has 0 aromatic rings. The van der Waals surface area contributed by atoms with E-state index < -0.39 is 15.6 Å². The van der Waals surface area contributed by atoms with Gasteiger partial charge in [0.25, 0.3) is 0 Å². The summed E-state index contributed by atoms with van der Waals surface area (Å²) in [6.07, 6.45) is 1.47. The first-order chi connectivity index (χ1) is 8.34. The lowest BCUT2D eigenvalue weighted by Gasteiger charge is -2.19. The Bertz CT molecular complexity index is 358. The molecular weight excluding hydrogens is 286 g/mol. The van der Waals surface area contributed by atoms with Crippen molar-refractivity contribution in [2.24, 2.45) is 0 Å². The van der Waals surface area contributed by atoms with Crippen molar-refractivity contribution >= 4 is 15.6 Å². The van der Waals surface area contributed by atoms with E-state index >= 15 is 0 Å². The molecule has 8 nitrogen and oxygen atoms in total. The number of phosphoric acid groups is 2. The van der Waals surface area contributed by atoms with Gasteiger partial charge in [-0.15, -0.1) is 0 Å². The molecule has 18 heavy (non-hydrogen) atoms. The van der Waals surface area contributed by atoms with Crippen LogP contribution in [0.15, 0.2) is 11.6 Å². The third-order valence-corrected chi connectivity index (χ3v) is 5.19. The van der Waals surface area contributed by atoms with Crippen molar-refractivity contribution in [3.8, 4) is 0 Å². The van der Waals surface area contributed by atoms with Gasteiger partial charge in [0.1, 0.15) is 0 Å². The van der Waals surface area contributed by atoms with E-state index in [2.05, 4.69) is 17.9 Å². The van der Waals surface area contributed by atoms with Crippen LogP contribution in [0.5, 0.6) is 0 Å². The maximum Gasteiger partial charge on any atom is 0.483 e. The number of aliphatic hydroxyl groups excluding tert-OH is 1. The highest BCUT2D eigenvalue weighted by atomic mass is 31.3. The molecule has 0 fully saturated rings. The monoisotopic (exact) mass is 304 g/mol. The van der Waals surface area contributed by atoms with Crippen molar-refractivity contribution in [2.75, 3.05) is 34.5 Å². The summed E-state index contributed by atoms with van der Waals surface area (Å²) >= 11 is 0. The van der Waals surface area contributed by atoms with Crippen molar-refractivity contribution in [1.82, 2.24) is 0 Å². The number of rotatable bonds is 9. The van der Waals surface area contributed by atoms with Gasteiger partial charge in [-0.3, -0.25) is 18.1 Å². The fraction of sp³-hybridized carbons (Fsp3) is 0.750. The highest BCUT2D eigenvalue weighted by molar-refractivity contribution is 7.62. The van der Waals surface area contributed by atoms with Gasteiger partial charge >= 0.3 is 15.6 Å². The lowest BCUT2D eigenvalue weighted by molar-refractivity contribution is 0.150. The second kappa shape index (κ2) is 8.19. The fourth-order valence-electron chi connectivity index (χ4n) is 0.709. The molecule has 1 N–H and O–H groups in total. The van der Waals surface area contributed by atoms with E-state index in [1.807, 2.05) is 0 Å². The molecule has 0 aliphatic carbocycles. The molecular formula is C8H18O8P2. The zero-order valence-electron chi connectivity index (χ0n) is 10.7. The Balaban J connectivity index is 4.63. The molecule has 0 bridgehead atoms. The Morgan fingerprint density at radius 2 is 1.61 bits per heavy atom. The zero-order chi connectivity index (χ0) is 14.2. The van der Waals surface area contributed by atoms with Crippen LogP contribution in [0.2, 0.25) is 0 Å². The molecule has 0 aromatic heterocycles. The minimum Gasteiger partial charge on any atom is -0.392 e. The topological polar surface area (TPSA) is 101 Å². The SMILES string of the molecule is COP(=O)(OC)OP(=O)(OC)OCC=C(C)CO. The van der Waals surface area contributed by atoms with E-state index in [1.165, 1.54) is 6.08 Å². The van der Waals surface area contributed by atoms with Crippen molar-refractivity contribution in [1.29, 1.82) is 0 Å². The minimum absolute atomic E-state index is 0.148. The first kappa shape index (κ1) is 18.0. The number of phosphoric ester groups is 2. The molecule has 0 saturated carbocycles. The number of hydrogen-bond donors (Lipinski definition) is 1. The van der Waals surface area contributed by atoms with Gasteiger partial charge in [0.05, 0.1) is 13.2 Å². The summed E-state index contributed by atoms with van der Waals surface area (Å²) in [4.78, 5) is 0. The molecule has 1 atom stereocenters. The highest BCUT2D eigenvalue weighted by Crippen LogP contribution is 2.64. The summed E-state index contributed by atoms with van der Waals surface area (Å²) in [7, 11) is -4.83. The average molecular weight is 304 g/mol. The summed E-state index contributed by atoms with van der Waals surface area (Å²) in [6, 6.07) is 0. The van der Waals surface area contributed by atoms with Crippen LogP contribution in [0, 0.1) is 0 Å². The predicted molar refractivity (Wildman–Crippen MR) is 64.1 cm³/mol. The molecule has 0 aromatic carbocycles. The second-order valence-corrected chi connectivity index (χ2v) is 6.82. The van der Waals surface area contributed by atoms with Crippen LogP contribution in [0.1, 0.15) is 6.92 Å². The van der Waals surface area contributed by atoms with Gasteiger partial charge in [0.15, 0.2) is 0 Å². The molecule has 108 valence electrons. The summed E-state index contributed by atoms with van der Waals surface area (Å²) in [5.74, 6) is 0. The maximum absolute atomic E-state index is 11.9. The molecule has 0 aliphatic rings.